The summed E-state index contributed by atoms with van der Waals surface area (Å²) in [6, 6.07) is 3.64. The first-order valence-corrected chi connectivity index (χ1v) is 5.01. The van der Waals surface area contributed by atoms with Crippen LogP contribution in [0, 0.1) is 6.92 Å². The molecule has 1 aromatic heterocycles. The van der Waals surface area contributed by atoms with Crippen molar-refractivity contribution in [1.29, 1.82) is 0 Å². The monoisotopic (exact) mass is 224 g/mol. The summed E-state index contributed by atoms with van der Waals surface area (Å²) in [4.78, 5) is 15.4. The molecule has 0 spiro atoms. The first kappa shape index (κ1) is 12.6. The molecule has 16 heavy (non-hydrogen) atoms. The molecule has 1 aromatic rings. The average Bonchev–Trinajstić information content (AvgIpc) is 2.28. The molecule has 0 saturated carbocycles. The summed E-state index contributed by atoms with van der Waals surface area (Å²) >= 11 is 0. The minimum Gasteiger partial charge on any atom is -0.382 e. The second kappa shape index (κ2) is 6.92. The van der Waals surface area contributed by atoms with Gasteiger partial charge in [0.05, 0.1) is 13.2 Å². The predicted molar refractivity (Wildman–Crippen MR) is 60.3 cm³/mol. The van der Waals surface area contributed by atoms with Gasteiger partial charge in [0.2, 0.25) is 0 Å². The number of methoxy groups -OCH3 is 1. The molecule has 5 heteroatoms. The summed E-state index contributed by atoms with van der Waals surface area (Å²) in [5.74, 6) is 0.318. The Labute approximate surface area is 94.8 Å². The van der Waals surface area contributed by atoms with Gasteiger partial charge in [-0.2, -0.15) is 0 Å². The molecule has 88 valence electrons. The number of anilines is 1. The van der Waals surface area contributed by atoms with Crippen LogP contribution in [0.15, 0.2) is 18.3 Å². The highest BCUT2D eigenvalue weighted by atomic mass is 16.5. The predicted octanol–water partition coefficient (Wildman–Crippen LogP) is 0.992. The van der Waals surface area contributed by atoms with Crippen LogP contribution < -0.4 is 5.32 Å². The fourth-order valence-corrected chi connectivity index (χ4v) is 1.03. The van der Waals surface area contributed by atoms with Gasteiger partial charge in [-0.3, -0.25) is 4.79 Å². The van der Waals surface area contributed by atoms with Crippen LogP contribution in [0.2, 0.25) is 0 Å². The Morgan fingerprint density at radius 3 is 2.88 bits per heavy atom. The molecule has 1 rings (SSSR count). The lowest BCUT2D eigenvalue weighted by molar-refractivity contribution is -0.121. The summed E-state index contributed by atoms with van der Waals surface area (Å²) in [7, 11) is 1.58. The topological polar surface area (TPSA) is 60.5 Å². The SMILES string of the molecule is COCCOCC(=O)Nc1ccc(C)cn1. The highest BCUT2D eigenvalue weighted by Gasteiger charge is 2.02. The van der Waals surface area contributed by atoms with E-state index in [1.54, 1.807) is 19.4 Å². The van der Waals surface area contributed by atoms with Crippen LogP contribution in [0.4, 0.5) is 5.82 Å². The van der Waals surface area contributed by atoms with Crippen LogP contribution in [0.1, 0.15) is 5.56 Å². The lowest BCUT2D eigenvalue weighted by atomic mass is 10.3. The van der Waals surface area contributed by atoms with Gasteiger partial charge in [-0.1, -0.05) is 6.07 Å². The van der Waals surface area contributed by atoms with Crippen LogP contribution in [-0.4, -0.2) is 37.8 Å². The standard InChI is InChI=1S/C11H16N2O3/c1-9-3-4-10(12-7-9)13-11(14)8-16-6-5-15-2/h3-4,7H,5-6,8H2,1-2H3,(H,12,13,14). The summed E-state index contributed by atoms with van der Waals surface area (Å²) < 4.78 is 9.85. The largest absolute Gasteiger partial charge is 0.382 e. The summed E-state index contributed by atoms with van der Waals surface area (Å²) in [6.07, 6.45) is 1.70. The first-order chi connectivity index (χ1) is 7.72. The van der Waals surface area contributed by atoms with E-state index in [4.69, 9.17) is 9.47 Å². The number of hydrogen-bond donors (Lipinski definition) is 1. The zero-order valence-corrected chi connectivity index (χ0v) is 9.53. The van der Waals surface area contributed by atoms with Crippen molar-refractivity contribution in [3.05, 3.63) is 23.9 Å². The van der Waals surface area contributed by atoms with Crippen LogP contribution >= 0.6 is 0 Å². The third-order valence-corrected chi connectivity index (χ3v) is 1.84. The van der Waals surface area contributed by atoms with Crippen molar-refractivity contribution < 1.29 is 14.3 Å². The molecule has 0 aliphatic carbocycles. The van der Waals surface area contributed by atoms with Gasteiger partial charge in [-0.25, -0.2) is 4.98 Å². The molecule has 0 aromatic carbocycles. The van der Waals surface area contributed by atoms with Crippen LogP contribution in [-0.2, 0) is 14.3 Å². The van der Waals surface area contributed by atoms with Crippen molar-refractivity contribution in [3.63, 3.8) is 0 Å². The van der Waals surface area contributed by atoms with E-state index in [1.165, 1.54) is 0 Å². The fraction of sp³-hybridized carbons (Fsp3) is 0.455. The van der Waals surface area contributed by atoms with Crippen molar-refractivity contribution in [3.8, 4) is 0 Å². The zero-order chi connectivity index (χ0) is 11.8. The molecule has 0 saturated heterocycles. The number of aryl methyl sites for hydroxylation is 1. The fourth-order valence-electron chi connectivity index (χ4n) is 1.03. The van der Waals surface area contributed by atoms with E-state index in [2.05, 4.69) is 10.3 Å². The van der Waals surface area contributed by atoms with Crippen molar-refractivity contribution in [2.24, 2.45) is 0 Å². The zero-order valence-electron chi connectivity index (χ0n) is 9.53. The van der Waals surface area contributed by atoms with Crippen molar-refractivity contribution in [2.75, 3.05) is 32.2 Å². The molecular weight excluding hydrogens is 208 g/mol. The highest BCUT2D eigenvalue weighted by Crippen LogP contribution is 2.03. The van der Waals surface area contributed by atoms with E-state index < -0.39 is 0 Å². The van der Waals surface area contributed by atoms with Crippen LogP contribution in [0.25, 0.3) is 0 Å². The molecule has 0 bridgehead atoms. The molecular formula is C11H16N2O3. The van der Waals surface area contributed by atoms with Crippen molar-refractivity contribution in [1.82, 2.24) is 4.98 Å². The van der Waals surface area contributed by atoms with Crippen molar-refractivity contribution in [2.45, 2.75) is 6.92 Å². The Morgan fingerprint density at radius 2 is 2.25 bits per heavy atom. The van der Waals surface area contributed by atoms with Gasteiger partial charge in [0.15, 0.2) is 0 Å². The van der Waals surface area contributed by atoms with E-state index in [0.717, 1.165) is 5.56 Å². The minimum atomic E-state index is -0.215. The summed E-state index contributed by atoms with van der Waals surface area (Å²) in [5.41, 5.74) is 1.05. The average molecular weight is 224 g/mol. The maximum absolute atomic E-state index is 11.3. The molecule has 0 fully saturated rings. The molecule has 0 aliphatic rings. The minimum absolute atomic E-state index is 0.0128. The van der Waals surface area contributed by atoms with Gasteiger partial charge in [0.1, 0.15) is 12.4 Å². The van der Waals surface area contributed by atoms with Crippen LogP contribution in [0.5, 0.6) is 0 Å². The second-order valence-electron chi connectivity index (χ2n) is 3.31. The maximum Gasteiger partial charge on any atom is 0.251 e. The van der Waals surface area contributed by atoms with Gasteiger partial charge in [0, 0.05) is 13.3 Å². The third kappa shape index (κ3) is 4.86. The van der Waals surface area contributed by atoms with E-state index in [1.807, 2.05) is 13.0 Å². The number of hydrogen-bond acceptors (Lipinski definition) is 4. The third-order valence-electron chi connectivity index (χ3n) is 1.84. The first-order valence-electron chi connectivity index (χ1n) is 5.01. The molecule has 1 amide bonds. The highest BCUT2D eigenvalue weighted by molar-refractivity contribution is 5.90. The molecule has 0 unspecified atom stereocenters. The van der Waals surface area contributed by atoms with Crippen LogP contribution in [0.3, 0.4) is 0 Å². The Bertz CT molecular complexity index is 325. The van der Waals surface area contributed by atoms with Gasteiger partial charge in [-0.05, 0) is 18.6 Å². The Kier molecular flexibility index (Phi) is 5.45. The quantitative estimate of drug-likeness (QED) is 0.732. The number of amides is 1. The molecule has 0 atom stereocenters. The lowest BCUT2D eigenvalue weighted by Gasteiger charge is -2.05. The second-order valence-corrected chi connectivity index (χ2v) is 3.31. The Hall–Kier alpha value is -1.46. The molecule has 1 heterocycles. The molecule has 0 aliphatic heterocycles. The maximum atomic E-state index is 11.3. The number of ether oxygens (including phenoxy) is 2. The smallest absolute Gasteiger partial charge is 0.251 e. The number of aromatic nitrogens is 1. The van der Waals surface area contributed by atoms with E-state index in [9.17, 15) is 4.79 Å². The molecule has 0 radical (unpaired) electrons. The van der Waals surface area contributed by atoms with Gasteiger partial charge < -0.3 is 14.8 Å². The number of carbonyl (C=O) groups is 1. The van der Waals surface area contributed by atoms with Gasteiger partial charge >= 0.3 is 0 Å². The lowest BCUT2D eigenvalue weighted by Crippen LogP contribution is -2.20. The Balaban J connectivity index is 2.26. The molecule has 5 nitrogen and oxygen atoms in total. The normalized spacial score (nSPS) is 10.1. The van der Waals surface area contributed by atoms with E-state index in [0.29, 0.717) is 19.0 Å². The van der Waals surface area contributed by atoms with Crippen molar-refractivity contribution >= 4 is 11.7 Å². The number of pyridine rings is 1. The van der Waals surface area contributed by atoms with E-state index >= 15 is 0 Å². The van der Waals surface area contributed by atoms with Gasteiger partial charge in [0.25, 0.3) is 5.91 Å². The number of rotatable bonds is 6. The number of nitrogens with zero attached hydrogens (tertiary/aromatic N) is 1. The van der Waals surface area contributed by atoms with Gasteiger partial charge in [-0.15, -0.1) is 0 Å². The number of carbonyl (C=O) groups excluding carboxylic acids is 1. The number of nitrogens with one attached hydrogen (secondary N) is 1. The summed E-state index contributed by atoms with van der Waals surface area (Å²) in [6.45, 7) is 2.84. The Morgan fingerprint density at radius 1 is 1.44 bits per heavy atom. The summed E-state index contributed by atoms with van der Waals surface area (Å²) in [5, 5.41) is 2.63. The molecule has 1 N–H and O–H groups in total. The van der Waals surface area contributed by atoms with E-state index in [-0.39, 0.29) is 12.5 Å².